The third-order valence-electron chi connectivity index (χ3n) is 3.14. The van der Waals surface area contributed by atoms with Crippen LogP contribution in [-0.4, -0.2) is 42.1 Å². The highest BCUT2D eigenvalue weighted by Gasteiger charge is 2.02. The van der Waals surface area contributed by atoms with Crippen molar-refractivity contribution >= 4 is 23.4 Å². The highest BCUT2D eigenvalue weighted by Crippen LogP contribution is 2.16. The van der Waals surface area contributed by atoms with Crippen LogP contribution in [-0.2, 0) is 6.54 Å². The number of hydrogen-bond donors (Lipinski definition) is 2. The second kappa shape index (κ2) is 8.56. The number of halogens is 1. The van der Waals surface area contributed by atoms with Gasteiger partial charge in [-0.1, -0.05) is 29.8 Å². The van der Waals surface area contributed by atoms with Gasteiger partial charge in [0.1, 0.15) is 5.82 Å². The van der Waals surface area contributed by atoms with E-state index >= 15 is 0 Å². The highest BCUT2D eigenvalue weighted by molar-refractivity contribution is 6.31. The maximum absolute atomic E-state index is 6.13. The van der Waals surface area contributed by atoms with E-state index in [0.717, 1.165) is 35.9 Å². The van der Waals surface area contributed by atoms with Crippen molar-refractivity contribution in [1.82, 2.24) is 14.9 Å². The molecule has 5 nitrogen and oxygen atoms in total. The van der Waals surface area contributed by atoms with E-state index in [4.69, 9.17) is 11.6 Å². The van der Waals surface area contributed by atoms with Gasteiger partial charge < -0.3 is 15.5 Å². The molecule has 2 rings (SSSR count). The number of anilines is 2. The lowest BCUT2D eigenvalue weighted by atomic mass is 10.2. The van der Waals surface area contributed by atoms with Crippen LogP contribution in [0.5, 0.6) is 0 Å². The van der Waals surface area contributed by atoms with Crippen molar-refractivity contribution in [3.8, 4) is 0 Å². The van der Waals surface area contributed by atoms with Crippen LogP contribution >= 0.6 is 11.6 Å². The lowest BCUT2D eigenvalue weighted by molar-refractivity contribution is 0.405. The van der Waals surface area contributed by atoms with E-state index in [1.807, 2.05) is 30.3 Å². The smallest absolute Gasteiger partial charge is 0.224 e. The summed E-state index contributed by atoms with van der Waals surface area (Å²) in [5.74, 6) is 1.42. The minimum Gasteiger partial charge on any atom is -0.370 e. The Kier molecular flexibility index (Phi) is 6.43. The fourth-order valence-electron chi connectivity index (χ4n) is 1.97. The van der Waals surface area contributed by atoms with E-state index in [9.17, 15) is 0 Å². The maximum Gasteiger partial charge on any atom is 0.224 e. The summed E-state index contributed by atoms with van der Waals surface area (Å²) in [6, 6.07) is 9.62. The van der Waals surface area contributed by atoms with Crippen LogP contribution in [0.2, 0.25) is 5.02 Å². The van der Waals surface area contributed by atoms with Crippen LogP contribution in [0.15, 0.2) is 36.5 Å². The van der Waals surface area contributed by atoms with Crippen LogP contribution in [0.4, 0.5) is 11.8 Å². The topological polar surface area (TPSA) is 53.1 Å². The second-order valence-electron chi connectivity index (χ2n) is 5.29. The molecule has 1 aromatic carbocycles. The van der Waals surface area contributed by atoms with E-state index in [-0.39, 0.29) is 0 Å². The van der Waals surface area contributed by atoms with Crippen molar-refractivity contribution in [1.29, 1.82) is 0 Å². The van der Waals surface area contributed by atoms with Gasteiger partial charge in [-0.2, -0.15) is 4.98 Å². The zero-order chi connectivity index (χ0) is 15.8. The first-order valence-corrected chi connectivity index (χ1v) is 7.72. The number of nitrogens with zero attached hydrogens (tertiary/aromatic N) is 3. The fourth-order valence-corrected chi connectivity index (χ4v) is 2.17. The predicted octanol–water partition coefficient (Wildman–Crippen LogP) is 3.11. The van der Waals surface area contributed by atoms with Crippen LogP contribution in [0.1, 0.15) is 12.0 Å². The lowest BCUT2D eigenvalue weighted by Crippen LogP contribution is -2.16. The molecule has 2 N–H and O–H groups in total. The van der Waals surface area contributed by atoms with Gasteiger partial charge in [-0.3, -0.25) is 0 Å². The molecular formula is C16H22ClN5. The van der Waals surface area contributed by atoms with Gasteiger partial charge in [0.2, 0.25) is 5.95 Å². The first kappa shape index (κ1) is 16.5. The SMILES string of the molecule is CN(C)CCCNc1ccnc(NCc2ccccc2Cl)n1. The Morgan fingerprint density at radius 1 is 1.14 bits per heavy atom. The molecule has 0 atom stereocenters. The normalized spacial score (nSPS) is 10.7. The molecule has 0 amide bonds. The lowest BCUT2D eigenvalue weighted by Gasteiger charge is -2.11. The average Bonchev–Trinajstić information content (AvgIpc) is 2.51. The van der Waals surface area contributed by atoms with Crippen molar-refractivity contribution in [2.45, 2.75) is 13.0 Å². The van der Waals surface area contributed by atoms with Crippen LogP contribution in [0.3, 0.4) is 0 Å². The van der Waals surface area contributed by atoms with E-state index in [0.29, 0.717) is 12.5 Å². The molecule has 0 aliphatic heterocycles. The summed E-state index contributed by atoms with van der Waals surface area (Å²) in [5, 5.41) is 7.25. The quantitative estimate of drug-likeness (QED) is 0.732. The van der Waals surface area contributed by atoms with E-state index in [2.05, 4.69) is 39.6 Å². The van der Waals surface area contributed by atoms with Crippen molar-refractivity contribution in [3.63, 3.8) is 0 Å². The van der Waals surface area contributed by atoms with Gasteiger partial charge in [0, 0.05) is 24.3 Å². The molecule has 0 aliphatic rings. The maximum atomic E-state index is 6.13. The zero-order valence-corrected chi connectivity index (χ0v) is 13.8. The van der Waals surface area contributed by atoms with E-state index in [1.165, 1.54) is 0 Å². The molecule has 6 heteroatoms. The summed E-state index contributed by atoms with van der Waals surface area (Å²) in [6.45, 7) is 2.54. The summed E-state index contributed by atoms with van der Waals surface area (Å²) >= 11 is 6.13. The minimum absolute atomic E-state index is 0.595. The fraction of sp³-hybridized carbons (Fsp3) is 0.375. The molecule has 2 aromatic rings. The largest absolute Gasteiger partial charge is 0.370 e. The molecule has 0 spiro atoms. The van der Waals surface area contributed by atoms with Gasteiger partial charge in [-0.05, 0) is 44.8 Å². The van der Waals surface area contributed by atoms with Gasteiger partial charge in [-0.25, -0.2) is 4.98 Å². The standard InChI is InChI=1S/C16H22ClN5/c1-22(2)11-5-9-18-15-8-10-19-16(21-15)20-12-13-6-3-4-7-14(13)17/h3-4,6-8,10H,5,9,11-12H2,1-2H3,(H2,18,19,20,21). The molecule has 118 valence electrons. The van der Waals surface area contributed by atoms with Gasteiger partial charge in [0.15, 0.2) is 0 Å². The van der Waals surface area contributed by atoms with Gasteiger partial charge in [0.05, 0.1) is 0 Å². The monoisotopic (exact) mass is 319 g/mol. The zero-order valence-electron chi connectivity index (χ0n) is 13.0. The summed E-state index contributed by atoms with van der Waals surface area (Å²) < 4.78 is 0. The molecule has 0 bridgehead atoms. The van der Waals surface area contributed by atoms with Crippen molar-refractivity contribution in [2.24, 2.45) is 0 Å². The molecule has 0 saturated heterocycles. The number of rotatable bonds is 8. The first-order chi connectivity index (χ1) is 10.6. The predicted molar refractivity (Wildman–Crippen MR) is 92.5 cm³/mol. The minimum atomic E-state index is 0.595. The highest BCUT2D eigenvalue weighted by atomic mass is 35.5. The molecule has 1 heterocycles. The Bertz CT molecular complexity index is 588. The number of hydrogen-bond acceptors (Lipinski definition) is 5. The summed E-state index contributed by atoms with van der Waals surface area (Å²) in [4.78, 5) is 10.8. The number of aromatic nitrogens is 2. The molecule has 0 unspecified atom stereocenters. The average molecular weight is 320 g/mol. The molecule has 0 aliphatic carbocycles. The Morgan fingerprint density at radius 3 is 2.73 bits per heavy atom. The molecule has 22 heavy (non-hydrogen) atoms. The summed E-state index contributed by atoms with van der Waals surface area (Å²) in [6.07, 6.45) is 2.82. The summed E-state index contributed by atoms with van der Waals surface area (Å²) in [5.41, 5.74) is 1.03. The van der Waals surface area contributed by atoms with Crippen LogP contribution in [0.25, 0.3) is 0 Å². The second-order valence-corrected chi connectivity index (χ2v) is 5.70. The molecule has 0 fully saturated rings. The molecule has 0 radical (unpaired) electrons. The number of nitrogens with one attached hydrogen (secondary N) is 2. The Labute approximate surface area is 136 Å². The van der Waals surface area contributed by atoms with Crippen molar-refractivity contribution in [2.75, 3.05) is 37.8 Å². The van der Waals surface area contributed by atoms with Gasteiger partial charge in [-0.15, -0.1) is 0 Å². The van der Waals surface area contributed by atoms with Crippen molar-refractivity contribution < 1.29 is 0 Å². The summed E-state index contributed by atoms with van der Waals surface area (Å²) in [7, 11) is 4.14. The van der Waals surface area contributed by atoms with Crippen LogP contribution < -0.4 is 10.6 Å². The Hall–Kier alpha value is -1.85. The Balaban J connectivity index is 1.85. The number of benzene rings is 1. The molecule has 0 saturated carbocycles. The third kappa shape index (κ3) is 5.50. The van der Waals surface area contributed by atoms with E-state index < -0.39 is 0 Å². The third-order valence-corrected chi connectivity index (χ3v) is 3.51. The first-order valence-electron chi connectivity index (χ1n) is 7.34. The van der Waals surface area contributed by atoms with Gasteiger partial charge in [0.25, 0.3) is 0 Å². The van der Waals surface area contributed by atoms with Crippen LogP contribution in [0, 0.1) is 0 Å². The Morgan fingerprint density at radius 2 is 1.95 bits per heavy atom. The molecular weight excluding hydrogens is 298 g/mol. The van der Waals surface area contributed by atoms with E-state index in [1.54, 1.807) is 6.20 Å². The van der Waals surface area contributed by atoms with Gasteiger partial charge >= 0.3 is 0 Å². The molecule has 1 aromatic heterocycles. The van der Waals surface area contributed by atoms with Crippen molar-refractivity contribution in [3.05, 3.63) is 47.1 Å².